The molecule has 25 heavy (non-hydrogen) atoms. The Labute approximate surface area is 145 Å². The molecule has 0 bridgehead atoms. The fourth-order valence-electron chi connectivity index (χ4n) is 2.30. The maximum atomic E-state index is 11.1. The number of benzene rings is 1. The van der Waals surface area contributed by atoms with Gasteiger partial charge in [-0.25, -0.2) is 4.79 Å². The largest absolute Gasteiger partial charge is 0.497 e. The van der Waals surface area contributed by atoms with Crippen molar-refractivity contribution in [2.75, 3.05) is 7.11 Å². The van der Waals surface area contributed by atoms with Gasteiger partial charge in [-0.05, 0) is 47.5 Å². The summed E-state index contributed by atoms with van der Waals surface area (Å²) in [6.07, 6.45) is 7.10. The van der Waals surface area contributed by atoms with E-state index in [0.29, 0.717) is 11.4 Å². The van der Waals surface area contributed by atoms with Gasteiger partial charge in [0.2, 0.25) is 0 Å². The summed E-state index contributed by atoms with van der Waals surface area (Å²) in [6, 6.07) is 14.5. The first-order valence-corrected chi connectivity index (χ1v) is 7.63. The van der Waals surface area contributed by atoms with E-state index < -0.39 is 5.97 Å². The van der Waals surface area contributed by atoms with Crippen molar-refractivity contribution in [3.63, 3.8) is 0 Å². The Morgan fingerprint density at radius 3 is 2.24 bits per heavy atom. The number of carbonyl (C=O) groups is 1. The first kappa shape index (κ1) is 16.4. The molecule has 0 atom stereocenters. The highest BCUT2D eigenvalue weighted by atomic mass is 16.5. The van der Waals surface area contributed by atoms with E-state index >= 15 is 0 Å². The lowest BCUT2D eigenvalue weighted by Crippen LogP contribution is -1.98. The molecular weight excluding hydrogens is 316 g/mol. The molecule has 0 spiro atoms. The van der Waals surface area contributed by atoms with E-state index in [1.165, 1.54) is 18.3 Å². The van der Waals surface area contributed by atoms with Crippen LogP contribution in [-0.4, -0.2) is 28.2 Å². The van der Waals surface area contributed by atoms with Gasteiger partial charge in [-0.2, -0.15) is 0 Å². The molecule has 0 aliphatic heterocycles. The predicted octanol–water partition coefficient (Wildman–Crippen LogP) is 4.02. The van der Waals surface area contributed by atoms with Crippen molar-refractivity contribution in [3.8, 4) is 17.1 Å². The zero-order valence-corrected chi connectivity index (χ0v) is 13.6. The van der Waals surface area contributed by atoms with Crippen LogP contribution in [0.1, 0.15) is 21.5 Å². The van der Waals surface area contributed by atoms with E-state index in [4.69, 9.17) is 9.84 Å². The van der Waals surface area contributed by atoms with E-state index in [1.54, 1.807) is 13.3 Å². The SMILES string of the molecule is COc1ccc(/C=C/c2ccnc(-c3cc(C(=O)O)ccn3)c2)cc1. The van der Waals surface area contributed by atoms with Gasteiger partial charge in [0.1, 0.15) is 5.75 Å². The molecule has 0 aliphatic rings. The Balaban J connectivity index is 1.84. The van der Waals surface area contributed by atoms with Crippen molar-refractivity contribution in [3.05, 3.63) is 77.6 Å². The predicted molar refractivity (Wildman–Crippen MR) is 96.3 cm³/mol. The van der Waals surface area contributed by atoms with Crippen LogP contribution in [-0.2, 0) is 0 Å². The Hall–Kier alpha value is -3.47. The highest BCUT2D eigenvalue weighted by molar-refractivity contribution is 5.88. The number of nitrogens with zero attached hydrogens (tertiary/aromatic N) is 2. The number of hydrogen-bond donors (Lipinski definition) is 1. The van der Waals surface area contributed by atoms with Crippen LogP contribution in [0.4, 0.5) is 0 Å². The minimum absolute atomic E-state index is 0.186. The molecule has 0 fully saturated rings. The third-order valence-corrected chi connectivity index (χ3v) is 3.64. The summed E-state index contributed by atoms with van der Waals surface area (Å²) in [4.78, 5) is 19.6. The smallest absolute Gasteiger partial charge is 0.335 e. The molecular formula is C20H16N2O3. The van der Waals surface area contributed by atoms with Crippen molar-refractivity contribution in [1.29, 1.82) is 0 Å². The molecule has 0 aliphatic carbocycles. The molecule has 5 nitrogen and oxygen atoms in total. The van der Waals surface area contributed by atoms with Crippen LogP contribution in [0.2, 0.25) is 0 Å². The standard InChI is InChI=1S/C20H16N2O3/c1-25-17-6-4-14(5-7-17)2-3-15-8-10-21-18(12-15)19-13-16(20(23)24)9-11-22-19/h2-13H,1H3,(H,23,24)/b3-2+. The maximum Gasteiger partial charge on any atom is 0.335 e. The minimum atomic E-state index is -0.987. The fourth-order valence-corrected chi connectivity index (χ4v) is 2.30. The maximum absolute atomic E-state index is 11.1. The van der Waals surface area contributed by atoms with Crippen LogP contribution in [0.5, 0.6) is 5.75 Å². The zero-order valence-electron chi connectivity index (χ0n) is 13.6. The number of pyridine rings is 2. The number of aromatic carboxylic acids is 1. The second-order valence-electron chi connectivity index (χ2n) is 5.32. The summed E-state index contributed by atoms with van der Waals surface area (Å²) >= 11 is 0. The van der Waals surface area contributed by atoms with Crippen LogP contribution in [0.15, 0.2) is 60.9 Å². The number of aromatic nitrogens is 2. The van der Waals surface area contributed by atoms with Gasteiger partial charge in [-0.15, -0.1) is 0 Å². The van der Waals surface area contributed by atoms with E-state index in [-0.39, 0.29) is 5.56 Å². The van der Waals surface area contributed by atoms with Crippen molar-refractivity contribution < 1.29 is 14.6 Å². The molecule has 3 aromatic rings. The molecule has 0 unspecified atom stereocenters. The van der Waals surface area contributed by atoms with Crippen LogP contribution in [0.25, 0.3) is 23.5 Å². The van der Waals surface area contributed by atoms with E-state index in [2.05, 4.69) is 9.97 Å². The molecule has 124 valence electrons. The second-order valence-corrected chi connectivity index (χ2v) is 5.32. The third-order valence-electron chi connectivity index (χ3n) is 3.64. The minimum Gasteiger partial charge on any atom is -0.497 e. The van der Waals surface area contributed by atoms with Gasteiger partial charge >= 0.3 is 5.97 Å². The van der Waals surface area contributed by atoms with E-state index in [9.17, 15) is 4.79 Å². The van der Waals surface area contributed by atoms with Crippen molar-refractivity contribution in [2.45, 2.75) is 0 Å². The number of methoxy groups -OCH3 is 1. The van der Waals surface area contributed by atoms with Crippen LogP contribution < -0.4 is 4.74 Å². The van der Waals surface area contributed by atoms with Crippen LogP contribution in [0.3, 0.4) is 0 Å². The lowest BCUT2D eigenvalue weighted by Gasteiger charge is -2.03. The van der Waals surface area contributed by atoms with Crippen LogP contribution >= 0.6 is 0 Å². The number of ether oxygens (including phenoxy) is 1. The molecule has 0 saturated heterocycles. The van der Waals surface area contributed by atoms with Gasteiger partial charge < -0.3 is 9.84 Å². The Bertz CT molecular complexity index is 918. The van der Waals surface area contributed by atoms with Crippen molar-refractivity contribution in [2.24, 2.45) is 0 Å². The summed E-state index contributed by atoms with van der Waals surface area (Å²) in [5.74, 6) is -0.174. The van der Waals surface area contributed by atoms with Gasteiger partial charge in [0.15, 0.2) is 0 Å². The van der Waals surface area contributed by atoms with Gasteiger partial charge in [0.05, 0.1) is 24.1 Å². The summed E-state index contributed by atoms with van der Waals surface area (Å²) < 4.78 is 5.14. The molecule has 5 heteroatoms. The Morgan fingerprint density at radius 2 is 1.56 bits per heavy atom. The van der Waals surface area contributed by atoms with E-state index in [1.807, 2.05) is 48.6 Å². The molecule has 0 radical (unpaired) electrons. The lowest BCUT2D eigenvalue weighted by molar-refractivity contribution is 0.0697. The monoisotopic (exact) mass is 332 g/mol. The normalized spacial score (nSPS) is 10.8. The highest BCUT2D eigenvalue weighted by Gasteiger charge is 2.07. The van der Waals surface area contributed by atoms with Gasteiger partial charge in [0.25, 0.3) is 0 Å². The molecule has 1 aromatic carbocycles. The van der Waals surface area contributed by atoms with Gasteiger partial charge in [-0.3, -0.25) is 9.97 Å². The molecule has 0 saturated carbocycles. The molecule has 3 rings (SSSR count). The van der Waals surface area contributed by atoms with Gasteiger partial charge in [-0.1, -0.05) is 24.3 Å². The average molecular weight is 332 g/mol. The summed E-state index contributed by atoms with van der Waals surface area (Å²) in [5, 5.41) is 9.09. The summed E-state index contributed by atoms with van der Waals surface area (Å²) in [6.45, 7) is 0. The zero-order chi connectivity index (χ0) is 17.6. The van der Waals surface area contributed by atoms with Crippen LogP contribution in [0, 0.1) is 0 Å². The van der Waals surface area contributed by atoms with Crippen molar-refractivity contribution in [1.82, 2.24) is 9.97 Å². The number of hydrogen-bond acceptors (Lipinski definition) is 4. The number of rotatable bonds is 5. The number of carboxylic acid groups (broad SMARTS) is 1. The molecule has 1 N–H and O–H groups in total. The molecule has 0 amide bonds. The summed E-state index contributed by atoms with van der Waals surface area (Å²) in [5.41, 5.74) is 3.33. The number of carboxylic acids is 1. The quantitative estimate of drug-likeness (QED) is 0.764. The summed E-state index contributed by atoms with van der Waals surface area (Å²) in [7, 11) is 1.64. The fraction of sp³-hybridized carbons (Fsp3) is 0.0500. The topological polar surface area (TPSA) is 72.3 Å². The lowest BCUT2D eigenvalue weighted by atomic mass is 10.1. The first-order chi connectivity index (χ1) is 12.2. The van der Waals surface area contributed by atoms with Crippen molar-refractivity contribution >= 4 is 18.1 Å². The average Bonchev–Trinajstić information content (AvgIpc) is 2.67. The highest BCUT2D eigenvalue weighted by Crippen LogP contribution is 2.19. The Kier molecular flexibility index (Phi) is 4.85. The third kappa shape index (κ3) is 4.09. The van der Waals surface area contributed by atoms with E-state index in [0.717, 1.165) is 16.9 Å². The molecule has 2 aromatic heterocycles. The second kappa shape index (κ2) is 7.40. The first-order valence-electron chi connectivity index (χ1n) is 7.63. The van der Waals surface area contributed by atoms with Gasteiger partial charge in [0, 0.05) is 12.4 Å². The molecule has 2 heterocycles. The Morgan fingerprint density at radius 1 is 0.920 bits per heavy atom.